The summed E-state index contributed by atoms with van der Waals surface area (Å²) in [4.78, 5) is 70.7. The zero-order chi connectivity index (χ0) is 53.6. The van der Waals surface area contributed by atoms with Crippen LogP contribution in [0.3, 0.4) is 0 Å². The van der Waals surface area contributed by atoms with Crippen LogP contribution in [0.2, 0.25) is 0 Å². The number of carbonyl (C=O) groups excluding carboxylic acids is 5. The summed E-state index contributed by atoms with van der Waals surface area (Å²) in [5, 5.41) is 73.3. The zero-order valence-corrected chi connectivity index (χ0v) is 40.4. The molecule has 2 fully saturated rings. The molecule has 23 heteroatoms. The Balaban J connectivity index is 0.000000412. The van der Waals surface area contributed by atoms with Crippen LogP contribution in [0.1, 0.15) is 43.2 Å². The summed E-state index contributed by atoms with van der Waals surface area (Å²) >= 11 is 0. The highest BCUT2D eigenvalue weighted by molar-refractivity contribution is 5.92. The van der Waals surface area contributed by atoms with Crippen molar-refractivity contribution in [3.63, 3.8) is 0 Å². The number of methoxy groups -OCH3 is 4. The molecule has 2 aliphatic heterocycles. The maximum atomic E-state index is 12.5. The fourth-order valence-corrected chi connectivity index (χ4v) is 6.71. The molecule has 0 radical (unpaired) electrons. The first-order valence-corrected chi connectivity index (χ1v) is 22.6. The van der Waals surface area contributed by atoms with Gasteiger partial charge in [0, 0.05) is 39.2 Å². The summed E-state index contributed by atoms with van der Waals surface area (Å²) in [5.41, 5.74) is 7.46. The Morgan fingerprint density at radius 2 is 1.07 bits per heavy atom. The average molecular weight is 1020 g/mol. The molecule has 4 rings (SSSR count). The Hall–Kier alpha value is -6.22. The second-order valence-electron chi connectivity index (χ2n) is 15.8. The van der Waals surface area contributed by atoms with E-state index in [4.69, 9.17) is 39.6 Å². The molecule has 0 bridgehead atoms. The van der Waals surface area contributed by atoms with E-state index in [1.54, 1.807) is 18.2 Å². The Bertz CT molecular complexity index is 2050. The number of hydrogen-bond donors (Lipinski definition) is 11. The number of rotatable bonds is 22. The minimum Gasteiger partial charge on any atom is -0.481 e. The van der Waals surface area contributed by atoms with Crippen LogP contribution in [0.25, 0.3) is 12.2 Å². The number of carboxylic acids is 1. The van der Waals surface area contributed by atoms with Gasteiger partial charge >= 0.3 is 17.9 Å². The van der Waals surface area contributed by atoms with E-state index >= 15 is 0 Å². The molecule has 0 aromatic heterocycles. The summed E-state index contributed by atoms with van der Waals surface area (Å²) in [6, 6.07) is 15.2. The Kier molecular flexibility index (Phi) is 29.4. The molecule has 0 saturated carbocycles. The van der Waals surface area contributed by atoms with Gasteiger partial charge in [0.05, 0.1) is 33.5 Å². The number of ether oxygens (including phenoxy) is 6. The lowest BCUT2D eigenvalue weighted by Gasteiger charge is -2.41. The molecule has 3 amide bonds. The summed E-state index contributed by atoms with van der Waals surface area (Å²) in [6.45, 7) is -0.930. The van der Waals surface area contributed by atoms with Crippen molar-refractivity contribution in [2.24, 2.45) is 5.73 Å². The monoisotopic (exact) mass is 1020 g/mol. The number of aliphatic carboxylic acids is 1. The Morgan fingerprint density at radius 1 is 0.625 bits per heavy atom. The van der Waals surface area contributed by atoms with Crippen molar-refractivity contribution in [1.29, 1.82) is 0 Å². The highest BCUT2D eigenvalue weighted by atomic mass is 16.7. The van der Waals surface area contributed by atoms with Gasteiger partial charge in [0.2, 0.25) is 17.7 Å². The van der Waals surface area contributed by atoms with E-state index in [-0.39, 0.29) is 38.7 Å². The smallest absolute Gasteiger partial charge is 0.328 e. The molecule has 2 saturated heterocycles. The number of nitrogens with one attached hydrogen (secondary N) is 3. The number of aliphatic hydroxyl groups excluding tert-OH is 6. The van der Waals surface area contributed by atoms with Crippen LogP contribution in [0, 0.1) is 0 Å². The lowest BCUT2D eigenvalue weighted by atomic mass is 9.96. The van der Waals surface area contributed by atoms with Crippen LogP contribution < -0.4 is 21.7 Å². The highest BCUT2D eigenvalue weighted by Gasteiger charge is 2.45. The molecule has 2 aromatic rings. The normalized spacial score (nSPS) is 24.8. The summed E-state index contributed by atoms with van der Waals surface area (Å²) in [6.07, 6.45) is 3.73. The van der Waals surface area contributed by atoms with Crippen molar-refractivity contribution in [1.82, 2.24) is 16.0 Å². The molecular weight excluding hydrogens is 949 g/mol. The first kappa shape index (κ1) is 61.9. The number of benzene rings is 2. The van der Waals surface area contributed by atoms with Crippen LogP contribution in [0.4, 0.5) is 0 Å². The van der Waals surface area contributed by atoms with Gasteiger partial charge in [0.25, 0.3) is 0 Å². The molecule has 2 heterocycles. The fourth-order valence-electron chi connectivity index (χ4n) is 6.71. The van der Waals surface area contributed by atoms with Crippen molar-refractivity contribution < 1.29 is 92.9 Å². The quantitative estimate of drug-likeness (QED) is 0.0376. The van der Waals surface area contributed by atoms with Gasteiger partial charge in [-0.25, -0.2) is 9.59 Å². The SMILES string of the molecule is COC(=O)C(CCC(=O)NC1C(OC)OC(CO)C(O)C1O)NC(=O)/C=C/C=C/c1ccccc1.COC(=O)C(CCCC(=O)O)NC(=O)/C=C/C=C/c1ccccc1.COC1OC(CO)C(O)C(O)C1N. The lowest BCUT2D eigenvalue weighted by Crippen LogP contribution is -2.64. The third-order valence-corrected chi connectivity index (χ3v) is 10.6. The topological polar surface area (TPSA) is 362 Å². The second kappa shape index (κ2) is 34.2. The summed E-state index contributed by atoms with van der Waals surface area (Å²) < 4.78 is 29.7. The molecule has 72 heavy (non-hydrogen) atoms. The number of carbonyl (C=O) groups is 6. The van der Waals surface area contributed by atoms with E-state index in [9.17, 15) is 54.3 Å². The maximum absolute atomic E-state index is 12.5. The lowest BCUT2D eigenvalue weighted by molar-refractivity contribution is -0.262. The molecule has 12 N–H and O–H groups in total. The van der Waals surface area contributed by atoms with Crippen molar-refractivity contribution in [2.75, 3.05) is 41.7 Å². The van der Waals surface area contributed by atoms with Crippen molar-refractivity contribution in [3.05, 3.63) is 108 Å². The first-order valence-electron chi connectivity index (χ1n) is 22.6. The number of aliphatic hydroxyl groups is 6. The fraction of sp³-hybridized carbons (Fsp3) is 0.469. The van der Waals surface area contributed by atoms with Gasteiger partial charge in [0.15, 0.2) is 12.6 Å². The van der Waals surface area contributed by atoms with Gasteiger partial charge in [-0.05, 0) is 30.4 Å². The second-order valence-corrected chi connectivity index (χ2v) is 15.8. The molecule has 398 valence electrons. The van der Waals surface area contributed by atoms with Crippen LogP contribution in [0.15, 0.2) is 97.1 Å². The van der Waals surface area contributed by atoms with Gasteiger partial charge in [-0.3, -0.25) is 19.2 Å². The summed E-state index contributed by atoms with van der Waals surface area (Å²) in [7, 11) is 5.05. The minimum atomic E-state index is -1.46. The van der Waals surface area contributed by atoms with Crippen LogP contribution in [-0.2, 0) is 57.2 Å². The molecular formula is C49H68N4O19. The van der Waals surface area contributed by atoms with E-state index in [0.29, 0.717) is 0 Å². The summed E-state index contributed by atoms with van der Waals surface area (Å²) in [5.74, 6) is -3.85. The van der Waals surface area contributed by atoms with E-state index in [1.807, 2.05) is 72.8 Å². The highest BCUT2D eigenvalue weighted by Crippen LogP contribution is 2.22. The van der Waals surface area contributed by atoms with E-state index in [1.165, 1.54) is 39.6 Å². The predicted molar refractivity (Wildman–Crippen MR) is 257 cm³/mol. The molecule has 12 atom stereocenters. The van der Waals surface area contributed by atoms with Gasteiger partial charge in [-0.15, -0.1) is 0 Å². The number of carboxylic acid groups (broad SMARTS) is 1. The van der Waals surface area contributed by atoms with E-state index in [0.717, 1.165) is 18.2 Å². The third kappa shape index (κ3) is 22.0. The van der Waals surface area contributed by atoms with E-state index < -0.39 is 116 Å². The standard InChI is InChI=1S/C24H32N2O9.C18H21NO5.C7H15NO5/c1-33-23(32)16(25-18(28)11-7-6-10-15-8-4-3-5-9-15)12-13-19(29)26-20-22(31)21(30)17(14-27)35-24(20)34-2;1-24-18(23)15(11-7-13-17(21)22)19-16(20)12-6-5-10-14-8-3-2-4-9-14;1-12-7-4(8)6(11)5(10)3(2-9)13-7/h3-11,16-17,20-22,24,27,30-31H,12-14H2,1-2H3,(H,25,28)(H,26,29);2-6,8-10,12,15H,7,11,13H2,1H3,(H,19,20)(H,21,22);3-7,9-11H,2,8H2,1H3/b10-6+,11-7+;10-5+,12-6+;. The van der Waals surface area contributed by atoms with Crippen LogP contribution in [0.5, 0.6) is 0 Å². The number of esters is 2. The van der Waals surface area contributed by atoms with Gasteiger partial charge in [-0.1, -0.05) is 97.1 Å². The van der Waals surface area contributed by atoms with Crippen LogP contribution in [-0.4, -0.2) is 186 Å². The molecule has 0 spiro atoms. The van der Waals surface area contributed by atoms with Crippen molar-refractivity contribution in [3.8, 4) is 0 Å². The Morgan fingerprint density at radius 3 is 1.50 bits per heavy atom. The molecule has 23 nitrogen and oxygen atoms in total. The first-order chi connectivity index (χ1) is 34.4. The van der Waals surface area contributed by atoms with Crippen molar-refractivity contribution >= 4 is 47.8 Å². The van der Waals surface area contributed by atoms with Gasteiger partial charge < -0.3 is 85.9 Å². The van der Waals surface area contributed by atoms with E-state index in [2.05, 4.69) is 20.7 Å². The minimum absolute atomic E-state index is 0.0704. The molecule has 2 aromatic carbocycles. The largest absolute Gasteiger partial charge is 0.481 e. The van der Waals surface area contributed by atoms with Gasteiger partial charge in [-0.2, -0.15) is 0 Å². The number of nitrogens with two attached hydrogens (primary N) is 1. The molecule has 12 unspecified atom stereocenters. The average Bonchev–Trinajstić information content (AvgIpc) is 3.38. The maximum Gasteiger partial charge on any atom is 0.328 e. The predicted octanol–water partition coefficient (Wildman–Crippen LogP) is -1.17. The number of hydrogen-bond acceptors (Lipinski definition) is 19. The zero-order valence-electron chi connectivity index (χ0n) is 40.4. The number of amides is 3. The Labute approximate surface area is 416 Å². The molecule has 2 aliphatic rings. The van der Waals surface area contributed by atoms with Crippen LogP contribution >= 0.6 is 0 Å². The van der Waals surface area contributed by atoms with Crippen molar-refractivity contribution in [2.45, 2.75) is 105 Å². The molecule has 0 aliphatic carbocycles. The van der Waals surface area contributed by atoms with Gasteiger partial charge in [0.1, 0.15) is 54.7 Å². The third-order valence-electron chi connectivity index (χ3n) is 10.6. The number of allylic oxidation sites excluding steroid dienone is 4.